The van der Waals surface area contributed by atoms with Crippen LogP contribution in [0, 0.1) is 12.8 Å². The number of halogens is 1. The van der Waals surface area contributed by atoms with Crippen LogP contribution in [0.5, 0.6) is 0 Å². The van der Waals surface area contributed by atoms with E-state index in [0.717, 1.165) is 15.4 Å². The molecule has 3 aromatic carbocycles. The molecule has 0 bridgehead atoms. The molecule has 0 saturated heterocycles. The SMILES string of the molecule is Cc1ccc(CN(C(=O)CN(c2ccccc2)S(=O)(=O)c2ccc(Cl)cc2)[C@H](C)C(=O)NCC(C)C)cc1. The smallest absolute Gasteiger partial charge is 0.264 e. The van der Waals surface area contributed by atoms with Crippen LogP contribution in [0.2, 0.25) is 5.02 Å². The van der Waals surface area contributed by atoms with Crippen LogP contribution in [0.15, 0.2) is 83.8 Å². The van der Waals surface area contributed by atoms with Gasteiger partial charge in [-0.3, -0.25) is 13.9 Å². The molecule has 2 amide bonds. The van der Waals surface area contributed by atoms with Gasteiger partial charge in [-0.15, -0.1) is 0 Å². The number of amides is 2. The Morgan fingerprint density at radius 2 is 1.50 bits per heavy atom. The van der Waals surface area contributed by atoms with Gasteiger partial charge in [-0.05, 0) is 61.7 Å². The molecule has 0 saturated carbocycles. The van der Waals surface area contributed by atoms with E-state index in [1.807, 2.05) is 45.0 Å². The van der Waals surface area contributed by atoms with Gasteiger partial charge in [0.1, 0.15) is 12.6 Å². The van der Waals surface area contributed by atoms with Gasteiger partial charge in [0, 0.05) is 18.1 Å². The van der Waals surface area contributed by atoms with Gasteiger partial charge in [-0.25, -0.2) is 8.42 Å². The number of rotatable bonds is 11. The molecule has 0 unspecified atom stereocenters. The zero-order valence-electron chi connectivity index (χ0n) is 22.1. The Morgan fingerprint density at radius 1 is 0.895 bits per heavy atom. The third-order valence-electron chi connectivity index (χ3n) is 6.05. The molecule has 3 rings (SSSR count). The van der Waals surface area contributed by atoms with Crippen LogP contribution < -0.4 is 9.62 Å². The van der Waals surface area contributed by atoms with Crippen LogP contribution in [0.3, 0.4) is 0 Å². The van der Waals surface area contributed by atoms with Gasteiger partial charge < -0.3 is 10.2 Å². The topological polar surface area (TPSA) is 86.8 Å². The number of carbonyl (C=O) groups excluding carboxylic acids is 2. The molecule has 0 aliphatic rings. The van der Waals surface area contributed by atoms with Crippen molar-refractivity contribution in [3.63, 3.8) is 0 Å². The minimum absolute atomic E-state index is 0.00589. The lowest BCUT2D eigenvalue weighted by Crippen LogP contribution is -2.51. The molecule has 0 radical (unpaired) electrons. The number of nitrogens with zero attached hydrogens (tertiary/aromatic N) is 2. The van der Waals surface area contributed by atoms with Crippen molar-refractivity contribution in [2.75, 3.05) is 17.4 Å². The van der Waals surface area contributed by atoms with Crippen LogP contribution >= 0.6 is 11.6 Å². The molecule has 0 fully saturated rings. The van der Waals surface area contributed by atoms with Gasteiger partial charge in [0.25, 0.3) is 10.0 Å². The Balaban J connectivity index is 1.97. The van der Waals surface area contributed by atoms with Crippen molar-refractivity contribution in [3.8, 4) is 0 Å². The molecule has 0 aromatic heterocycles. The second-order valence-electron chi connectivity index (χ2n) is 9.62. The number of carbonyl (C=O) groups is 2. The van der Waals surface area contributed by atoms with E-state index in [1.165, 1.54) is 29.2 Å². The highest BCUT2D eigenvalue weighted by molar-refractivity contribution is 7.92. The summed E-state index contributed by atoms with van der Waals surface area (Å²) in [6, 6.07) is 21.1. The minimum atomic E-state index is -4.12. The fraction of sp³-hybridized carbons (Fsp3) is 0.310. The average Bonchev–Trinajstić information content (AvgIpc) is 2.90. The highest BCUT2D eigenvalue weighted by Crippen LogP contribution is 2.25. The Bertz CT molecular complexity index is 1330. The maximum Gasteiger partial charge on any atom is 0.264 e. The monoisotopic (exact) mass is 555 g/mol. The predicted octanol–water partition coefficient (Wildman–Crippen LogP) is 5.03. The molecule has 1 atom stereocenters. The highest BCUT2D eigenvalue weighted by Gasteiger charge is 2.32. The molecule has 0 aliphatic carbocycles. The van der Waals surface area contributed by atoms with Crippen LogP contribution in [0.25, 0.3) is 0 Å². The Morgan fingerprint density at radius 3 is 2.08 bits per heavy atom. The van der Waals surface area contributed by atoms with Crippen molar-refractivity contribution >= 4 is 39.1 Å². The van der Waals surface area contributed by atoms with E-state index < -0.39 is 28.5 Å². The zero-order chi connectivity index (χ0) is 27.9. The van der Waals surface area contributed by atoms with E-state index in [2.05, 4.69) is 5.32 Å². The summed E-state index contributed by atoms with van der Waals surface area (Å²) in [5.74, 6) is -0.560. The van der Waals surface area contributed by atoms with Crippen molar-refractivity contribution in [2.45, 2.75) is 45.2 Å². The molecule has 202 valence electrons. The summed E-state index contributed by atoms with van der Waals surface area (Å²) in [4.78, 5) is 28.3. The fourth-order valence-corrected chi connectivity index (χ4v) is 5.32. The number of benzene rings is 3. The number of sulfonamides is 1. The lowest BCUT2D eigenvalue weighted by Gasteiger charge is -2.32. The first-order valence-electron chi connectivity index (χ1n) is 12.4. The summed E-state index contributed by atoms with van der Waals surface area (Å²) in [6.45, 7) is 7.73. The third kappa shape index (κ3) is 7.58. The molecule has 9 heteroatoms. The summed E-state index contributed by atoms with van der Waals surface area (Å²) >= 11 is 5.97. The Labute approximate surface area is 230 Å². The number of para-hydroxylation sites is 1. The summed E-state index contributed by atoms with van der Waals surface area (Å²) in [7, 11) is -4.12. The average molecular weight is 556 g/mol. The molecule has 38 heavy (non-hydrogen) atoms. The van der Waals surface area contributed by atoms with E-state index in [0.29, 0.717) is 17.3 Å². The van der Waals surface area contributed by atoms with Crippen LogP contribution in [-0.2, 0) is 26.2 Å². The van der Waals surface area contributed by atoms with Gasteiger partial charge >= 0.3 is 0 Å². The molecule has 3 aromatic rings. The number of aryl methyl sites for hydroxylation is 1. The maximum atomic E-state index is 13.8. The Hall–Kier alpha value is -3.36. The first kappa shape index (κ1) is 29.2. The lowest BCUT2D eigenvalue weighted by atomic mass is 10.1. The van der Waals surface area contributed by atoms with E-state index in [4.69, 9.17) is 11.6 Å². The standard InChI is InChI=1S/C29H34ClN3O4S/c1-21(2)18-31-29(35)23(4)32(19-24-12-10-22(3)11-13-24)28(34)20-33(26-8-6-5-7-9-26)38(36,37)27-16-14-25(30)15-17-27/h5-17,21,23H,18-20H2,1-4H3,(H,31,35)/t23-/m1/s1. The molecule has 7 nitrogen and oxygen atoms in total. The summed E-state index contributed by atoms with van der Waals surface area (Å²) in [5, 5.41) is 3.28. The summed E-state index contributed by atoms with van der Waals surface area (Å²) in [6.07, 6.45) is 0. The maximum absolute atomic E-state index is 13.8. The van der Waals surface area contributed by atoms with Crippen molar-refractivity contribution in [1.29, 1.82) is 0 Å². The first-order chi connectivity index (χ1) is 18.0. The third-order valence-corrected chi connectivity index (χ3v) is 8.09. The quantitative estimate of drug-likeness (QED) is 0.359. The largest absolute Gasteiger partial charge is 0.354 e. The Kier molecular flexibility index (Phi) is 9.94. The minimum Gasteiger partial charge on any atom is -0.354 e. The molecular formula is C29H34ClN3O4S. The van der Waals surface area contributed by atoms with E-state index in [-0.39, 0.29) is 23.3 Å². The lowest BCUT2D eigenvalue weighted by molar-refractivity contribution is -0.139. The van der Waals surface area contributed by atoms with Crippen molar-refractivity contribution in [2.24, 2.45) is 5.92 Å². The van der Waals surface area contributed by atoms with Gasteiger partial charge in [-0.2, -0.15) is 0 Å². The van der Waals surface area contributed by atoms with Gasteiger partial charge in [0.15, 0.2) is 0 Å². The van der Waals surface area contributed by atoms with Crippen molar-refractivity contribution in [3.05, 3.63) is 95.0 Å². The van der Waals surface area contributed by atoms with Crippen molar-refractivity contribution < 1.29 is 18.0 Å². The normalized spacial score (nSPS) is 12.2. The molecular weight excluding hydrogens is 522 g/mol. The van der Waals surface area contributed by atoms with Crippen LogP contribution in [-0.4, -0.2) is 44.3 Å². The van der Waals surface area contributed by atoms with Crippen LogP contribution in [0.4, 0.5) is 5.69 Å². The van der Waals surface area contributed by atoms with Gasteiger partial charge in [0.05, 0.1) is 10.6 Å². The predicted molar refractivity (Wildman–Crippen MR) is 151 cm³/mol. The van der Waals surface area contributed by atoms with E-state index in [1.54, 1.807) is 37.3 Å². The molecule has 1 N–H and O–H groups in total. The number of hydrogen-bond donors (Lipinski definition) is 1. The zero-order valence-corrected chi connectivity index (χ0v) is 23.7. The second kappa shape index (κ2) is 12.9. The second-order valence-corrected chi connectivity index (χ2v) is 11.9. The first-order valence-corrected chi connectivity index (χ1v) is 14.3. The summed E-state index contributed by atoms with van der Waals surface area (Å²) < 4.78 is 28.5. The summed E-state index contributed by atoms with van der Waals surface area (Å²) in [5.41, 5.74) is 2.24. The highest BCUT2D eigenvalue weighted by atomic mass is 35.5. The number of anilines is 1. The van der Waals surface area contributed by atoms with Gasteiger partial charge in [0.2, 0.25) is 11.8 Å². The molecule has 0 heterocycles. The van der Waals surface area contributed by atoms with E-state index in [9.17, 15) is 18.0 Å². The fourth-order valence-electron chi connectivity index (χ4n) is 3.78. The molecule has 0 aliphatic heterocycles. The van der Waals surface area contributed by atoms with Crippen molar-refractivity contribution in [1.82, 2.24) is 10.2 Å². The number of nitrogens with one attached hydrogen (secondary N) is 1. The van der Waals surface area contributed by atoms with Crippen LogP contribution in [0.1, 0.15) is 31.9 Å². The molecule has 0 spiro atoms. The number of hydrogen-bond acceptors (Lipinski definition) is 4. The van der Waals surface area contributed by atoms with E-state index >= 15 is 0 Å². The van der Waals surface area contributed by atoms with Gasteiger partial charge in [-0.1, -0.05) is 73.5 Å².